The molecular formula is C21H23N3O2S. The number of methoxy groups -OCH3 is 1. The molecule has 5 nitrogen and oxygen atoms in total. The van der Waals surface area contributed by atoms with Crippen molar-refractivity contribution >= 4 is 17.7 Å². The predicted octanol–water partition coefficient (Wildman–Crippen LogP) is 3.99. The number of aromatic nitrogens is 2. The number of carbonyl (C=O) groups is 1. The zero-order valence-electron chi connectivity index (χ0n) is 15.3. The molecule has 0 aliphatic rings. The maximum atomic E-state index is 12.1. The van der Waals surface area contributed by atoms with Gasteiger partial charge in [0.15, 0.2) is 0 Å². The number of hydrogen-bond donors (Lipinski definition) is 2. The van der Waals surface area contributed by atoms with Crippen LogP contribution in [0.4, 0.5) is 0 Å². The van der Waals surface area contributed by atoms with Crippen LogP contribution in [0.1, 0.15) is 6.42 Å². The average Bonchev–Trinajstić information content (AvgIpc) is 3.15. The molecule has 2 aromatic carbocycles. The molecule has 0 unspecified atom stereocenters. The Morgan fingerprint density at radius 3 is 2.41 bits per heavy atom. The number of H-pyrrole nitrogens is 1. The summed E-state index contributed by atoms with van der Waals surface area (Å²) in [6, 6.07) is 20.0. The van der Waals surface area contributed by atoms with E-state index in [1.807, 2.05) is 60.7 Å². The topological polar surface area (TPSA) is 67.0 Å². The number of carbonyl (C=O) groups excluding carboxylic acids is 1. The Kier molecular flexibility index (Phi) is 7.07. The van der Waals surface area contributed by atoms with Gasteiger partial charge < -0.3 is 15.0 Å². The van der Waals surface area contributed by atoms with E-state index in [1.165, 1.54) is 11.8 Å². The molecule has 3 aromatic rings. The third-order valence-corrected chi connectivity index (χ3v) is 4.94. The molecule has 0 atom stereocenters. The van der Waals surface area contributed by atoms with Gasteiger partial charge in [0.05, 0.1) is 11.4 Å². The zero-order valence-corrected chi connectivity index (χ0v) is 16.1. The highest BCUT2D eigenvalue weighted by Gasteiger charge is 2.15. The maximum absolute atomic E-state index is 12.1. The van der Waals surface area contributed by atoms with Crippen molar-refractivity contribution in [2.75, 3.05) is 26.0 Å². The van der Waals surface area contributed by atoms with E-state index >= 15 is 0 Å². The van der Waals surface area contributed by atoms with Crippen molar-refractivity contribution in [3.8, 4) is 22.6 Å². The minimum atomic E-state index is -0.000578. The molecule has 3 rings (SSSR count). The van der Waals surface area contributed by atoms with Crippen molar-refractivity contribution in [1.29, 1.82) is 0 Å². The van der Waals surface area contributed by atoms with Crippen molar-refractivity contribution in [2.45, 2.75) is 11.4 Å². The molecule has 6 heteroatoms. The third kappa shape index (κ3) is 5.45. The quantitative estimate of drug-likeness (QED) is 0.434. The molecule has 0 spiro atoms. The fraction of sp³-hybridized carbons (Fsp3) is 0.238. The second-order valence-corrected chi connectivity index (χ2v) is 6.95. The van der Waals surface area contributed by atoms with Gasteiger partial charge in [-0.05, 0) is 6.42 Å². The van der Waals surface area contributed by atoms with Crippen LogP contribution in [0.25, 0.3) is 22.6 Å². The smallest absolute Gasteiger partial charge is 0.230 e. The summed E-state index contributed by atoms with van der Waals surface area (Å²) < 4.78 is 4.99. The molecule has 1 amide bonds. The highest BCUT2D eigenvalue weighted by atomic mass is 32.2. The second kappa shape index (κ2) is 9.94. The zero-order chi connectivity index (χ0) is 18.9. The van der Waals surface area contributed by atoms with Gasteiger partial charge in [-0.2, -0.15) is 0 Å². The first kappa shape index (κ1) is 19.2. The van der Waals surface area contributed by atoms with E-state index in [4.69, 9.17) is 9.72 Å². The molecule has 0 radical (unpaired) electrons. The van der Waals surface area contributed by atoms with Crippen LogP contribution >= 0.6 is 11.8 Å². The van der Waals surface area contributed by atoms with Gasteiger partial charge in [0.2, 0.25) is 5.91 Å². The summed E-state index contributed by atoms with van der Waals surface area (Å²) in [5.41, 5.74) is 3.01. The number of nitrogens with one attached hydrogen (secondary N) is 2. The summed E-state index contributed by atoms with van der Waals surface area (Å²) in [4.78, 5) is 20.3. The lowest BCUT2D eigenvalue weighted by atomic mass is 10.2. The number of aromatic amines is 1. The van der Waals surface area contributed by atoms with Crippen molar-refractivity contribution < 1.29 is 9.53 Å². The van der Waals surface area contributed by atoms with Crippen LogP contribution < -0.4 is 5.32 Å². The Morgan fingerprint density at radius 1 is 1.07 bits per heavy atom. The number of imidazole rings is 1. The van der Waals surface area contributed by atoms with E-state index in [-0.39, 0.29) is 5.91 Å². The molecule has 27 heavy (non-hydrogen) atoms. The van der Waals surface area contributed by atoms with E-state index in [9.17, 15) is 4.79 Å². The Labute approximate surface area is 163 Å². The number of ether oxygens (including phenoxy) is 1. The highest BCUT2D eigenvalue weighted by molar-refractivity contribution is 8.00. The molecule has 1 aromatic heterocycles. The van der Waals surface area contributed by atoms with Crippen LogP contribution in [0.2, 0.25) is 0 Å². The van der Waals surface area contributed by atoms with Gasteiger partial charge in [-0.15, -0.1) is 0 Å². The summed E-state index contributed by atoms with van der Waals surface area (Å²) in [6.45, 7) is 1.26. The molecule has 0 aliphatic heterocycles. The Hall–Kier alpha value is -2.57. The van der Waals surface area contributed by atoms with Crippen LogP contribution in [0.15, 0.2) is 65.7 Å². The normalized spacial score (nSPS) is 10.7. The molecule has 1 heterocycles. The number of hydrogen-bond acceptors (Lipinski definition) is 4. The maximum Gasteiger partial charge on any atom is 0.230 e. The summed E-state index contributed by atoms with van der Waals surface area (Å²) >= 11 is 1.44. The monoisotopic (exact) mass is 381 g/mol. The first-order chi connectivity index (χ1) is 13.3. The number of benzene rings is 2. The standard InChI is InChI=1S/C21H23N3O2S/c1-26-14-8-13-22-18(25)15-27-21-19(16-9-4-2-5-10-16)23-20(24-21)17-11-6-3-7-12-17/h2-7,9-12H,8,13-15H2,1H3,(H,22,25)(H,23,24). The Bertz CT molecular complexity index is 850. The number of amides is 1. The largest absolute Gasteiger partial charge is 0.385 e. The molecule has 0 saturated carbocycles. The van der Waals surface area contributed by atoms with Crippen molar-refractivity contribution in [2.24, 2.45) is 0 Å². The summed E-state index contributed by atoms with van der Waals surface area (Å²) in [5.74, 6) is 1.13. The first-order valence-electron chi connectivity index (χ1n) is 8.87. The van der Waals surface area contributed by atoms with Crippen molar-refractivity contribution in [3.05, 3.63) is 60.7 Å². The SMILES string of the molecule is COCCCNC(=O)CSc1nc(-c2ccccc2)[nH]c1-c1ccccc1. The number of thioether (sulfide) groups is 1. The van der Waals surface area contributed by atoms with Crippen LogP contribution in [0.5, 0.6) is 0 Å². The van der Waals surface area contributed by atoms with Gasteiger partial charge in [0.25, 0.3) is 0 Å². The molecule has 0 saturated heterocycles. The molecule has 0 bridgehead atoms. The minimum Gasteiger partial charge on any atom is -0.385 e. The van der Waals surface area contributed by atoms with Gasteiger partial charge in [0, 0.05) is 31.4 Å². The summed E-state index contributed by atoms with van der Waals surface area (Å²) in [7, 11) is 1.66. The third-order valence-electron chi connectivity index (χ3n) is 3.97. The van der Waals surface area contributed by atoms with E-state index in [2.05, 4.69) is 10.3 Å². The fourth-order valence-corrected chi connectivity index (χ4v) is 3.46. The van der Waals surface area contributed by atoms with Crippen LogP contribution in [-0.4, -0.2) is 41.9 Å². The van der Waals surface area contributed by atoms with Gasteiger partial charge >= 0.3 is 0 Å². The Balaban J connectivity index is 1.75. The average molecular weight is 382 g/mol. The van der Waals surface area contributed by atoms with Gasteiger partial charge in [-0.3, -0.25) is 4.79 Å². The van der Waals surface area contributed by atoms with Crippen LogP contribution in [-0.2, 0) is 9.53 Å². The molecule has 0 fully saturated rings. The molecule has 0 aliphatic carbocycles. The summed E-state index contributed by atoms with van der Waals surface area (Å²) in [6.07, 6.45) is 0.808. The summed E-state index contributed by atoms with van der Waals surface area (Å²) in [5, 5.41) is 3.73. The van der Waals surface area contributed by atoms with Crippen molar-refractivity contribution in [1.82, 2.24) is 15.3 Å². The number of nitrogens with zero attached hydrogens (tertiary/aromatic N) is 1. The van der Waals surface area contributed by atoms with Gasteiger partial charge in [0.1, 0.15) is 10.9 Å². The van der Waals surface area contributed by atoms with Crippen LogP contribution in [0.3, 0.4) is 0 Å². The second-order valence-electron chi connectivity index (χ2n) is 5.98. The van der Waals surface area contributed by atoms with E-state index < -0.39 is 0 Å². The van der Waals surface area contributed by atoms with E-state index in [1.54, 1.807) is 7.11 Å². The lowest BCUT2D eigenvalue weighted by Gasteiger charge is -2.05. The van der Waals surface area contributed by atoms with Gasteiger partial charge in [-0.1, -0.05) is 72.4 Å². The lowest BCUT2D eigenvalue weighted by molar-refractivity contribution is -0.118. The van der Waals surface area contributed by atoms with E-state index in [0.29, 0.717) is 18.9 Å². The fourth-order valence-electron chi connectivity index (χ4n) is 2.62. The predicted molar refractivity (Wildman–Crippen MR) is 110 cm³/mol. The van der Waals surface area contributed by atoms with E-state index in [0.717, 1.165) is 34.1 Å². The highest BCUT2D eigenvalue weighted by Crippen LogP contribution is 2.32. The van der Waals surface area contributed by atoms with Crippen LogP contribution in [0, 0.1) is 0 Å². The first-order valence-corrected chi connectivity index (χ1v) is 9.86. The lowest BCUT2D eigenvalue weighted by Crippen LogP contribution is -2.26. The molecular weight excluding hydrogens is 358 g/mol. The number of rotatable bonds is 9. The molecule has 2 N–H and O–H groups in total. The molecule has 140 valence electrons. The minimum absolute atomic E-state index is 0.000578. The van der Waals surface area contributed by atoms with Crippen molar-refractivity contribution in [3.63, 3.8) is 0 Å². The van der Waals surface area contributed by atoms with Gasteiger partial charge in [-0.25, -0.2) is 4.98 Å². The Morgan fingerprint density at radius 2 is 1.74 bits per heavy atom.